The third kappa shape index (κ3) is 2.13. The van der Waals surface area contributed by atoms with Crippen LogP contribution < -0.4 is 5.32 Å². The SMILES string of the molecule is CC12CCC(C(=O)N(CNc3ccc4c(c3)oc3ccccc34)C1=O)C2(C)C. The first kappa shape index (κ1) is 17.3. The van der Waals surface area contributed by atoms with E-state index in [9.17, 15) is 9.59 Å². The van der Waals surface area contributed by atoms with E-state index in [-0.39, 0.29) is 29.8 Å². The minimum absolute atomic E-state index is 0.0534. The fourth-order valence-electron chi connectivity index (χ4n) is 5.06. The first-order valence-electron chi connectivity index (χ1n) is 9.84. The molecule has 0 spiro atoms. The van der Waals surface area contributed by atoms with Crippen LogP contribution >= 0.6 is 0 Å². The number of carbonyl (C=O) groups is 2. The second-order valence-electron chi connectivity index (χ2n) is 8.86. The Hall–Kier alpha value is -2.82. The van der Waals surface area contributed by atoms with E-state index in [0.29, 0.717) is 0 Å². The van der Waals surface area contributed by atoms with E-state index in [1.807, 2.05) is 49.4 Å². The zero-order valence-electron chi connectivity index (χ0n) is 16.4. The molecule has 1 aliphatic carbocycles. The maximum absolute atomic E-state index is 13.1. The number of imide groups is 1. The van der Waals surface area contributed by atoms with E-state index >= 15 is 0 Å². The molecule has 1 aromatic heterocycles. The van der Waals surface area contributed by atoms with Crippen molar-refractivity contribution >= 4 is 39.4 Å². The molecule has 5 heteroatoms. The number of furan rings is 1. The first-order chi connectivity index (χ1) is 13.3. The molecule has 1 aliphatic heterocycles. The minimum atomic E-state index is -0.476. The molecule has 2 aromatic carbocycles. The van der Waals surface area contributed by atoms with Crippen LogP contribution in [0.1, 0.15) is 33.6 Å². The summed E-state index contributed by atoms with van der Waals surface area (Å²) in [6.45, 7) is 6.31. The van der Waals surface area contributed by atoms with Gasteiger partial charge in [0.25, 0.3) is 0 Å². The molecule has 1 saturated carbocycles. The number of nitrogens with one attached hydrogen (secondary N) is 1. The highest BCUT2D eigenvalue weighted by atomic mass is 16.3. The summed E-state index contributed by atoms with van der Waals surface area (Å²) in [6.07, 6.45) is 1.56. The molecule has 2 aliphatic rings. The van der Waals surface area contributed by atoms with Gasteiger partial charge in [0, 0.05) is 28.4 Å². The maximum atomic E-state index is 13.1. The van der Waals surface area contributed by atoms with Crippen LogP contribution in [0.15, 0.2) is 46.9 Å². The Morgan fingerprint density at radius 2 is 1.82 bits per heavy atom. The number of piperidine rings is 1. The second-order valence-corrected chi connectivity index (χ2v) is 8.86. The lowest BCUT2D eigenvalue weighted by atomic mass is 9.62. The topological polar surface area (TPSA) is 62.6 Å². The molecular weight excluding hydrogens is 352 g/mol. The quantitative estimate of drug-likeness (QED) is 0.669. The Balaban J connectivity index is 1.41. The van der Waals surface area contributed by atoms with E-state index < -0.39 is 5.41 Å². The van der Waals surface area contributed by atoms with Crippen LogP contribution in [0, 0.1) is 16.7 Å². The van der Waals surface area contributed by atoms with Crippen molar-refractivity contribution in [3.63, 3.8) is 0 Å². The van der Waals surface area contributed by atoms with Crippen molar-refractivity contribution in [2.75, 3.05) is 12.0 Å². The molecule has 3 aromatic rings. The summed E-state index contributed by atoms with van der Waals surface area (Å²) in [5.74, 6) is -0.203. The van der Waals surface area contributed by atoms with Gasteiger partial charge in [0.1, 0.15) is 11.2 Å². The van der Waals surface area contributed by atoms with Gasteiger partial charge in [-0.2, -0.15) is 0 Å². The van der Waals surface area contributed by atoms with E-state index in [1.165, 1.54) is 4.90 Å². The van der Waals surface area contributed by atoms with Gasteiger partial charge in [-0.05, 0) is 36.5 Å². The number of benzene rings is 2. The van der Waals surface area contributed by atoms with Crippen molar-refractivity contribution in [2.45, 2.75) is 33.6 Å². The Morgan fingerprint density at radius 3 is 2.64 bits per heavy atom. The molecule has 144 valence electrons. The highest BCUT2D eigenvalue weighted by Crippen LogP contribution is 2.59. The van der Waals surface area contributed by atoms with Crippen LogP contribution in [0.2, 0.25) is 0 Å². The summed E-state index contributed by atoms with van der Waals surface area (Å²) in [6, 6.07) is 13.8. The van der Waals surface area contributed by atoms with Crippen LogP contribution in [-0.4, -0.2) is 23.4 Å². The first-order valence-corrected chi connectivity index (χ1v) is 9.84. The fraction of sp³-hybridized carbons (Fsp3) is 0.391. The zero-order valence-corrected chi connectivity index (χ0v) is 16.4. The average Bonchev–Trinajstić information content (AvgIpc) is 3.12. The average molecular weight is 376 g/mol. The molecule has 28 heavy (non-hydrogen) atoms. The van der Waals surface area contributed by atoms with Gasteiger partial charge in [0.2, 0.25) is 11.8 Å². The molecule has 2 amide bonds. The zero-order chi connectivity index (χ0) is 19.7. The number of amides is 2. The van der Waals surface area contributed by atoms with Gasteiger partial charge in [-0.1, -0.05) is 39.0 Å². The molecule has 5 rings (SSSR count). The van der Waals surface area contributed by atoms with E-state index in [0.717, 1.165) is 40.5 Å². The number of rotatable bonds is 3. The molecule has 1 N–H and O–H groups in total. The van der Waals surface area contributed by atoms with Crippen LogP contribution in [0.4, 0.5) is 5.69 Å². The third-order valence-electron chi connectivity index (χ3n) is 7.33. The summed E-state index contributed by atoms with van der Waals surface area (Å²) in [7, 11) is 0. The van der Waals surface area contributed by atoms with Crippen LogP contribution in [0.3, 0.4) is 0 Å². The van der Waals surface area contributed by atoms with Gasteiger partial charge in [-0.25, -0.2) is 0 Å². The number of nitrogens with zero attached hydrogens (tertiary/aromatic N) is 1. The largest absolute Gasteiger partial charge is 0.456 e. The Morgan fingerprint density at radius 1 is 1.07 bits per heavy atom. The number of hydrogen-bond donors (Lipinski definition) is 1. The van der Waals surface area contributed by atoms with Gasteiger partial charge in [0.05, 0.1) is 12.1 Å². The smallest absolute Gasteiger partial charge is 0.237 e. The standard InChI is InChI=1S/C23H24N2O3/c1-22(2)17-10-11-23(22,3)21(27)25(20(17)26)13-24-14-8-9-16-15-6-4-5-7-18(15)28-19(16)12-14/h4-9,12,17,24H,10-11,13H2,1-3H3. The Bertz CT molecular complexity index is 1130. The molecule has 1 saturated heterocycles. The summed E-state index contributed by atoms with van der Waals surface area (Å²) in [5.41, 5.74) is 1.70. The number of hydrogen-bond acceptors (Lipinski definition) is 4. The summed E-state index contributed by atoms with van der Waals surface area (Å²) >= 11 is 0. The van der Waals surface area contributed by atoms with Crippen molar-refractivity contribution in [2.24, 2.45) is 16.7 Å². The van der Waals surface area contributed by atoms with Gasteiger partial charge >= 0.3 is 0 Å². The van der Waals surface area contributed by atoms with Crippen molar-refractivity contribution in [3.05, 3.63) is 42.5 Å². The lowest BCUT2D eigenvalue weighted by molar-refractivity contribution is -0.167. The highest BCUT2D eigenvalue weighted by molar-refractivity contribution is 6.06. The number of para-hydroxylation sites is 1. The van der Waals surface area contributed by atoms with Gasteiger partial charge in [-0.15, -0.1) is 0 Å². The fourth-order valence-corrected chi connectivity index (χ4v) is 5.06. The molecule has 2 heterocycles. The van der Waals surface area contributed by atoms with Crippen molar-refractivity contribution in [1.29, 1.82) is 0 Å². The minimum Gasteiger partial charge on any atom is -0.456 e. The lowest BCUT2D eigenvalue weighted by Gasteiger charge is -2.47. The Labute approximate surface area is 163 Å². The molecule has 2 unspecified atom stereocenters. The molecule has 0 radical (unpaired) electrons. The maximum Gasteiger partial charge on any atom is 0.237 e. The summed E-state index contributed by atoms with van der Waals surface area (Å²) in [4.78, 5) is 27.5. The summed E-state index contributed by atoms with van der Waals surface area (Å²) in [5, 5.41) is 5.38. The Kier molecular flexibility index (Phi) is 3.46. The van der Waals surface area contributed by atoms with Gasteiger partial charge in [-0.3, -0.25) is 14.5 Å². The predicted octanol–water partition coefficient (Wildman–Crippen LogP) is 4.77. The van der Waals surface area contributed by atoms with E-state index in [1.54, 1.807) is 0 Å². The van der Waals surface area contributed by atoms with E-state index in [2.05, 4.69) is 19.2 Å². The van der Waals surface area contributed by atoms with Gasteiger partial charge < -0.3 is 9.73 Å². The second kappa shape index (κ2) is 5.60. The van der Waals surface area contributed by atoms with Crippen LogP contribution in [0.5, 0.6) is 0 Å². The van der Waals surface area contributed by atoms with Crippen LogP contribution in [-0.2, 0) is 9.59 Å². The molecule has 2 fully saturated rings. The van der Waals surface area contributed by atoms with Gasteiger partial charge in [0.15, 0.2) is 0 Å². The monoisotopic (exact) mass is 376 g/mol. The normalized spacial score (nSPS) is 26.4. The lowest BCUT2D eigenvalue weighted by Crippen LogP contribution is -2.59. The molecular formula is C23H24N2O3. The number of fused-ring (bicyclic) bond motifs is 5. The molecule has 2 atom stereocenters. The highest BCUT2D eigenvalue weighted by Gasteiger charge is 2.64. The van der Waals surface area contributed by atoms with Crippen molar-refractivity contribution < 1.29 is 14.0 Å². The predicted molar refractivity (Wildman–Crippen MR) is 109 cm³/mol. The molecule has 5 nitrogen and oxygen atoms in total. The third-order valence-corrected chi connectivity index (χ3v) is 7.33. The molecule has 2 bridgehead atoms. The summed E-state index contributed by atoms with van der Waals surface area (Å²) < 4.78 is 5.93. The van der Waals surface area contributed by atoms with Crippen molar-refractivity contribution in [1.82, 2.24) is 4.90 Å². The van der Waals surface area contributed by atoms with Crippen LogP contribution in [0.25, 0.3) is 21.9 Å². The number of likely N-dealkylation sites (tertiary alicyclic amines) is 1. The number of anilines is 1. The van der Waals surface area contributed by atoms with Crippen molar-refractivity contribution in [3.8, 4) is 0 Å². The number of carbonyl (C=O) groups excluding carboxylic acids is 2. The van der Waals surface area contributed by atoms with E-state index in [4.69, 9.17) is 4.42 Å².